The Hall–Kier alpha value is -3.52. The van der Waals surface area contributed by atoms with Gasteiger partial charge in [-0.15, -0.1) is 0 Å². The van der Waals surface area contributed by atoms with Gasteiger partial charge >= 0.3 is 0 Å². The van der Waals surface area contributed by atoms with Gasteiger partial charge in [0.1, 0.15) is 0 Å². The van der Waals surface area contributed by atoms with E-state index in [1.165, 1.54) is 36.4 Å². The van der Waals surface area contributed by atoms with Crippen LogP contribution in [0.15, 0.2) is 60.7 Å². The number of hydrogen-bond donors (Lipinski definition) is 0. The van der Waals surface area contributed by atoms with Crippen LogP contribution in [0.1, 0.15) is 29.3 Å². The Labute approximate surface area is 189 Å². The predicted octanol–water partition coefficient (Wildman–Crippen LogP) is 4.00. The largest absolute Gasteiger partial charge is 0.273 e. The molecular formula is C23H20ClN3O5. The van der Waals surface area contributed by atoms with Crippen LogP contribution in [0, 0.1) is 27.9 Å². The molecule has 8 nitrogen and oxygen atoms in total. The molecule has 2 aromatic rings. The Morgan fingerprint density at radius 1 is 1.12 bits per heavy atom. The number of halogens is 1. The number of hydrogen-bond acceptors (Lipinski definition) is 5. The first kappa shape index (κ1) is 21.7. The second-order valence-electron chi connectivity index (χ2n) is 7.94. The quantitative estimate of drug-likeness (QED) is 0.295. The van der Waals surface area contributed by atoms with Crippen molar-refractivity contribution in [3.05, 3.63) is 86.9 Å². The van der Waals surface area contributed by atoms with Crippen molar-refractivity contribution in [2.45, 2.75) is 19.9 Å². The van der Waals surface area contributed by atoms with Gasteiger partial charge in [-0.05, 0) is 42.2 Å². The van der Waals surface area contributed by atoms with Gasteiger partial charge in [-0.1, -0.05) is 42.8 Å². The number of rotatable bonds is 5. The molecule has 2 aromatic carbocycles. The number of imide groups is 1. The van der Waals surface area contributed by atoms with Gasteiger partial charge < -0.3 is 0 Å². The van der Waals surface area contributed by atoms with Crippen molar-refractivity contribution < 1.29 is 19.3 Å². The fourth-order valence-electron chi connectivity index (χ4n) is 4.24. The highest BCUT2D eigenvalue weighted by Gasteiger charge is 2.53. The second kappa shape index (κ2) is 8.55. The SMILES string of the molecule is C[C@@H]1C=CC[C@H]2C(=O)N(N(Cc3ccc([N+](=O)[O-])cc3)C(=O)c3ccc(Cl)cc3)C(=O)[C@H]12. The van der Waals surface area contributed by atoms with Crippen LogP contribution in [0.5, 0.6) is 0 Å². The highest BCUT2D eigenvalue weighted by Crippen LogP contribution is 2.39. The molecule has 0 spiro atoms. The third-order valence-electron chi connectivity index (χ3n) is 5.90. The van der Waals surface area contributed by atoms with Crippen molar-refractivity contribution in [2.24, 2.45) is 17.8 Å². The highest BCUT2D eigenvalue weighted by molar-refractivity contribution is 6.30. The molecule has 3 atom stereocenters. The Balaban J connectivity index is 1.71. The molecule has 3 amide bonds. The van der Waals surface area contributed by atoms with Gasteiger partial charge in [0.25, 0.3) is 23.4 Å². The van der Waals surface area contributed by atoms with Crippen LogP contribution >= 0.6 is 11.6 Å². The molecular weight excluding hydrogens is 434 g/mol. The minimum absolute atomic E-state index is 0.0939. The second-order valence-corrected chi connectivity index (χ2v) is 8.37. The summed E-state index contributed by atoms with van der Waals surface area (Å²) in [6, 6.07) is 11.8. The number of benzene rings is 2. The van der Waals surface area contributed by atoms with Crippen molar-refractivity contribution in [1.29, 1.82) is 0 Å². The third-order valence-corrected chi connectivity index (χ3v) is 6.15. The van der Waals surface area contributed by atoms with E-state index in [9.17, 15) is 24.5 Å². The molecule has 0 saturated carbocycles. The number of hydrazine groups is 1. The van der Waals surface area contributed by atoms with Crippen molar-refractivity contribution in [1.82, 2.24) is 10.0 Å². The topological polar surface area (TPSA) is 101 Å². The molecule has 1 aliphatic heterocycles. The van der Waals surface area contributed by atoms with Gasteiger partial charge in [-0.3, -0.25) is 24.5 Å². The number of nitrogens with zero attached hydrogens (tertiary/aromatic N) is 3. The fraction of sp³-hybridized carbons (Fsp3) is 0.261. The van der Waals surface area contributed by atoms with Crippen LogP contribution in [0.25, 0.3) is 0 Å². The maximum atomic E-state index is 13.4. The molecule has 0 N–H and O–H groups in total. The number of nitro benzene ring substituents is 1. The summed E-state index contributed by atoms with van der Waals surface area (Å²) in [6.45, 7) is 1.78. The van der Waals surface area contributed by atoms with E-state index in [2.05, 4.69) is 0 Å². The number of non-ortho nitro benzene ring substituents is 1. The van der Waals surface area contributed by atoms with Crippen molar-refractivity contribution in [3.63, 3.8) is 0 Å². The number of carbonyl (C=O) groups excluding carboxylic acids is 3. The average Bonchev–Trinajstić information content (AvgIpc) is 3.03. The van der Waals surface area contributed by atoms with Crippen LogP contribution in [0.4, 0.5) is 5.69 Å². The lowest BCUT2D eigenvalue weighted by molar-refractivity contribution is -0.384. The normalized spacial score (nSPS) is 22.1. The van der Waals surface area contributed by atoms with Crippen molar-refractivity contribution in [3.8, 4) is 0 Å². The summed E-state index contributed by atoms with van der Waals surface area (Å²) in [6.07, 6.45) is 4.25. The molecule has 4 rings (SSSR count). The first-order valence-corrected chi connectivity index (χ1v) is 10.5. The lowest BCUT2D eigenvalue weighted by Crippen LogP contribution is -2.50. The van der Waals surface area contributed by atoms with Crippen LogP contribution in [-0.4, -0.2) is 32.7 Å². The molecule has 164 valence electrons. The summed E-state index contributed by atoms with van der Waals surface area (Å²) >= 11 is 5.93. The molecule has 1 heterocycles. The molecule has 1 fully saturated rings. The standard InChI is InChI=1S/C23H20ClN3O5/c1-14-3-2-4-19-20(14)23(30)26(22(19)29)25(21(28)16-7-9-17(24)10-8-16)13-15-5-11-18(12-6-15)27(31)32/h2-3,5-12,14,19-20H,4,13H2,1H3/t14-,19-,20-/m1/s1. The summed E-state index contributed by atoms with van der Waals surface area (Å²) < 4.78 is 0. The van der Waals surface area contributed by atoms with E-state index in [1.54, 1.807) is 12.1 Å². The summed E-state index contributed by atoms with van der Waals surface area (Å²) in [5.74, 6) is -2.53. The van der Waals surface area contributed by atoms with Crippen LogP contribution in [0.3, 0.4) is 0 Å². The highest BCUT2D eigenvalue weighted by atomic mass is 35.5. The average molecular weight is 454 g/mol. The van der Waals surface area contributed by atoms with E-state index in [1.807, 2.05) is 19.1 Å². The molecule has 1 aliphatic carbocycles. The lowest BCUT2D eigenvalue weighted by Gasteiger charge is -2.31. The Kier molecular flexibility index (Phi) is 5.80. The van der Waals surface area contributed by atoms with Gasteiger partial charge in [0, 0.05) is 22.7 Å². The van der Waals surface area contributed by atoms with E-state index < -0.39 is 34.5 Å². The van der Waals surface area contributed by atoms with E-state index >= 15 is 0 Å². The number of nitro groups is 1. The minimum atomic E-state index is -0.541. The predicted molar refractivity (Wildman–Crippen MR) is 116 cm³/mol. The number of amides is 3. The van der Waals surface area contributed by atoms with E-state index in [-0.39, 0.29) is 23.7 Å². The van der Waals surface area contributed by atoms with Gasteiger partial charge in [0.05, 0.1) is 23.3 Å². The lowest BCUT2D eigenvalue weighted by atomic mass is 9.78. The first-order valence-electron chi connectivity index (χ1n) is 10.1. The fourth-order valence-corrected chi connectivity index (χ4v) is 4.37. The molecule has 0 aromatic heterocycles. The van der Waals surface area contributed by atoms with Gasteiger partial charge in [0.2, 0.25) is 0 Å². The molecule has 1 saturated heterocycles. The van der Waals surface area contributed by atoms with Gasteiger partial charge in [-0.2, -0.15) is 5.01 Å². The molecule has 0 bridgehead atoms. The zero-order valence-corrected chi connectivity index (χ0v) is 17.9. The monoisotopic (exact) mass is 453 g/mol. The summed E-state index contributed by atoms with van der Waals surface area (Å²) in [4.78, 5) is 50.4. The maximum Gasteiger partial charge on any atom is 0.273 e. The van der Waals surface area contributed by atoms with Crippen LogP contribution in [0.2, 0.25) is 5.02 Å². The number of allylic oxidation sites excluding steroid dienone is 2. The van der Waals surface area contributed by atoms with E-state index in [0.717, 1.165) is 10.0 Å². The molecule has 9 heteroatoms. The number of carbonyl (C=O) groups is 3. The molecule has 2 aliphatic rings. The number of fused-ring (bicyclic) bond motifs is 1. The zero-order chi connectivity index (χ0) is 23.0. The Morgan fingerprint density at radius 2 is 1.78 bits per heavy atom. The van der Waals surface area contributed by atoms with Crippen LogP contribution < -0.4 is 0 Å². The molecule has 32 heavy (non-hydrogen) atoms. The maximum absolute atomic E-state index is 13.4. The molecule has 0 unspecified atom stereocenters. The summed E-state index contributed by atoms with van der Waals surface area (Å²) in [5, 5.41) is 13.5. The van der Waals surface area contributed by atoms with E-state index in [4.69, 9.17) is 11.6 Å². The minimum Gasteiger partial charge on any atom is -0.272 e. The Morgan fingerprint density at radius 3 is 2.38 bits per heavy atom. The van der Waals surface area contributed by atoms with Crippen molar-refractivity contribution in [2.75, 3.05) is 0 Å². The smallest absolute Gasteiger partial charge is 0.272 e. The van der Waals surface area contributed by atoms with Crippen LogP contribution in [-0.2, 0) is 16.1 Å². The Bertz CT molecular complexity index is 1110. The first-order chi connectivity index (χ1) is 15.3. The summed E-state index contributed by atoms with van der Waals surface area (Å²) in [5.41, 5.74) is 0.709. The van der Waals surface area contributed by atoms with Gasteiger partial charge in [-0.25, -0.2) is 5.01 Å². The van der Waals surface area contributed by atoms with Gasteiger partial charge in [0.15, 0.2) is 0 Å². The third kappa shape index (κ3) is 3.89. The zero-order valence-electron chi connectivity index (χ0n) is 17.2. The van der Waals surface area contributed by atoms with E-state index in [0.29, 0.717) is 17.0 Å². The van der Waals surface area contributed by atoms with Crippen molar-refractivity contribution >= 4 is 35.0 Å². The summed E-state index contributed by atoms with van der Waals surface area (Å²) in [7, 11) is 0. The molecule has 0 radical (unpaired) electrons.